The van der Waals surface area contributed by atoms with Crippen LogP contribution in [0.5, 0.6) is 0 Å². The van der Waals surface area contributed by atoms with Gasteiger partial charge in [0.1, 0.15) is 17.6 Å². The predicted molar refractivity (Wildman–Crippen MR) is 274 cm³/mol. The van der Waals surface area contributed by atoms with Crippen molar-refractivity contribution in [3.63, 3.8) is 0 Å². The lowest BCUT2D eigenvalue weighted by Crippen LogP contribution is -2.42. The molecule has 0 aliphatic rings. The lowest BCUT2D eigenvalue weighted by Gasteiger charge is -2.30. The van der Waals surface area contributed by atoms with Crippen LogP contribution in [-0.4, -0.2) is 58.1 Å². The van der Waals surface area contributed by atoms with Gasteiger partial charge in [-0.3, -0.25) is 24.0 Å². The van der Waals surface area contributed by atoms with Crippen molar-refractivity contribution < 1.29 is 39.0 Å². The standard InChI is InChI=1S/C42H76N2O8.C16H6/c1-8-9-10-11-12-13-14-15-16-17-18-19-20-24-34(45)30-32(39(49)50)25-27-37(47)44-35(40(51)52)26-28-36(46)43-29-22-21-23-33(31-41(2,3)4)38(48)42(5,6)7;1-3-5-7-9-11-13-15-16-14-12-10-8-6-4-2/h32-33,35H,8-31H2,1-7H3,(H,43,46)(H,44,47)(H,49,50)(H,51,52);1-2H3/t32?,33-,35+;/m0./s1. The number of hydrogen-bond donors (Lipinski definition) is 4. The summed E-state index contributed by atoms with van der Waals surface area (Å²) in [4.78, 5) is 74.0. The summed E-state index contributed by atoms with van der Waals surface area (Å²) in [5.74, 6) is 31.3. The van der Waals surface area contributed by atoms with Gasteiger partial charge in [-0.25, -0.2) is 4.79 Å². The molecule has 0 heterocycles. The van der Waals surface area contributed by atoms with Gasteiger partial charge in [0.2, 0.25) is 11.8 Å². The highest BCUT2D eigenvalue weighted by atomic mass is 16.4. The SMILES string of the molecule is CC#CC#CC#CC#CC#CC#CC#CC.CCCCCCCCCCCCCCCC(=O)CC(CCC(=O)N[C@H](CCC(=O)NCCCC[C@@H](CC(C)(C)C)C(=O)C(C)(C)C)C(=O)O)C(=O)O. The van der Waals surface area contributed by atoms with E-state index in [9.17, 15) is 39.0 Å². The molecule has 3 atom stereocenters. The Morgan fingerprint density at radius 1 is 0.485 bits per heavy atom. The molecular weight excluding hydrogens is 853 g/mol. The second kappa shape index (κ2) is 41.3. The third-order valence-corrected chi connectivity index (χ3v) is 10.6. The lowest BCUT2D eigenvalue weighted by atomic mass is 9.74. The van der Waals surface area contributed by atoms with Gasteiger partial charge < -0.3 is 20.8 Å². The molecule has 1 unspecified atom stereocenters. The van der Waals surface area contributed by atoms with E-state index in [2.05, 4.69) is 121 Å². The largest absolute Gasteiger partial charge is 0.481 e. The fourth-order valence-corrected chi connectivity index (χ4v) is 7.08. The van der Waals surface area contributed by atoms with Crippen LogP contribution >= 0.6 is 0 Å². The average molecular weight is 935 g/mol. The minimum Gasteiger partial charge on any atom is -0.481 e. The summed E-state index contributed by atoms with van der Waals surface area (Å²) in [6, 6.07) is -1.29. The summed E-state index contributed by atoms with van der Waals surface area (Å²) in [6.07, 6.45) is 18.3. The maximum atomic E-state index is 13.0. The number of aliphatic carboxylic acids is 2. The second-order valence-electron chi connectivity index (χ2n) is 19.2. The number of Topliss-reactive ketones (excluding diaryl/α,β-unsaturated/α-hetero) is 2. The fourth-order valence-electron chi connectivity index (χ4n) is 7.08. The van der Waals surface area contributed by atoms with Gasteiger partial charge in [0.25, 0.3) is 0 Å². The Kier molecular flexibility index (Phi) is 39.0. The Labute approximate surface area is 411 Å². The van der Waals surface area contributed by atoms with Gasteiger partial charge in [0, 0.05) is 43.6 Å². The molecule has 0 aromatic heterocycles. The molecule has 10 nitrogen and oxygen atoms in total. The highest BCUT2D eigenvalue weighted by Gasteiger charge is 2.32. The molecule has 0 spiro atoms. The normalized spacial score (nSPS) is 11.3. The first-order valence-corrected chi connectivity index (χ1v) is 24.7. The third-order valence-electron chi connectivity index (χ3n) is 10.6. The summed E-state index contributed by atoms with van der Waals surface area (Å²) in [7, 11) is 0. The Bertz CT molecular complexity index is 1940. The lowest BCUT2D eigenvalue weighted by molar-refractivity contribution is -0.145. The number of carboxylic acids is 2. The van der Waals surface area contributed by atoms with Gasteiger partial charge in [0.15, 0.2) is 0 Å². The van der Waals surface area contributed by atoms with Crippen LogP contribution in [0, 0.1) is 106 Å². The second-order valence-corrected chi connectivity index (χ2v) is 19.2. The number of ketones is 2. The molecular formula is C58H82N2O8. The Morgan fingerprint density at radius 3 is 1.34 bits per heavy atom. The predicted octanol–water partition coefficient (Wildman–Crippen LogP) is 10.3. The molecule has 372 valence electrons. The molecule has 0 fully saturated rings. The highest BCUT2D eigenvalue weighted by molar-refractivity contribution is 5.87. The zero-order chi connectivity index (χ0) is 51.5. The number of amides is 2. The van der Waals surface area contributed by atoms with Gasteiger partial charge >= 0.3 is 11.9 Å². The van der Waals surface area contributed by atoms with Crippen molar-refractivity contribution in [1.29, 1.82) is 0 Å². The molecule has 68 heavy (non-hydrogen) atoms. The molecule has 0 aromatic carbocycles. The zero-order valence-electron chi connectivity index (χ0n) is 43.0. The van der Waals surface area contributed by atoms with E-state index in [1.54, 1.807) is 13.8 Å². The highest BCUT2D eigenvalue weighted by Crippen LogP contribution is 2.33. The van der Waals surface area contributed by atoms with Gasteiger partial charge in [-0.2, -0.15) is 0 Å². The Balaban J connectivity index is 0. The Hall–Kier alpha value is -5.86. The van der Waals surface area contributed by atoms with Crippen LogP contribution in [0.2, 0.25) is 0 Å². The summed E-state index contributed by atoms with van der Waals surface area (Å²) >= 11 is 0. The van der Waals surface area contributed by atoms with E-state index in [0.717, 1.165) is 44.9 Å². The molecule has 0 bridgehead atoms. The van der Waals surface area contributed by atoms with Gasteiger partial charge in [-0.1, -0.05) is 144 Å². The molecule has 4 N–H and O–H groups in total. The van der Waals surface area contributed by atoms with E-state index in [-0.39, 0.29) is 60.9 Å². The molecule has 10 heteroatoms. The molecule has 0 aliphatic carbocycles. The van der Waals surface area contributed by atoms with Crippen molar-refractivity contribution >= 4 is 35.3 Å². The van der Waals surface area contributed by atoms with Crippen LogP contribution in [0.3, 0.4) is 0 Å². The van der Waals surface area contributed by atoms with Crippen LogP contribution in [0.15, 0.2) is 0 Å². The Morgan fingerprint density at radius 2 is 0.926 bits per heavy atom. The van der Waals surface area contributed by atoms with Crippen LogP contribution in [0.25, 0.3) is 0 Å². The number of carbonyl (C=O) groups excluding carboxylic acids is 4. The van der Waals surface area contributed by atoms with Crippen molar-refractivity contribution in [3.8, 4) is 82.9 Å². The minimum atomic E-state index is -1.29. The number of nitrogens with one attached hydrogen (secondary N) is 2. The smallest absolute Gasteiger partial charge is 0.326 e. The monoisotopic (exact) mass is 935 g/mol. The number of rotatable bonds is 32. The molecule has 0 saturated carbocycles. The summed E-state index contributed by atoms with van der Waals surface area (Å²) < 4.78 is 0. The van der Waals surface area contributed by atoms with E-state index in [0.29, 0.717) is 19.4 Å². The van der Waals surface area contributed by atoms with Crippen LogP contribution < -0.4 is 10.6 Å². The van der Waals surface area contributed by atoms with Crippen molar-refractivity contribution in [2.75, 3.05) is 6.54 Å². The molecule has 0 rings (SSSR count). The van der Waals surface area contributed by atoms with Gasteiger partial charge in [0.05, 0.1) is 5.92 Å². The van der Waals surface area contributed by atoms with Crippen molar-refractivity contribution in [1.82, 2.24) is 10.6 Å². The molecule has 2 amide bonds. The number of carboxylic acid groups (broad SMARTS) is 2. The van der Waals surface area contributed by atoms with Crippen LogP contribution in [0.4, 0.5) is 0 Å². The van der Waals surface area contributed by atoms with Crippen LogP contribution in [0.1, 0.15) is 210 Å². The maximum absolute atomic E-state index is 13.0. The third kappa shape index (κ3) is 41.6. The number of unbranched alkanes of at least 4 members (excludes halogenated alkanes) is 13. The van der Waals surface area contributed by atoms with Gasteiger partial charge in [-0.15, -0.1) is 0 Å². The first-order valence-electron chi connectivity index (χ1n) is 24.7. The van der Waals surface area contributed by atoms with Crippen molar-refractivity contribution in [2.24, 2.45) is 22.7 Å². The van der Waals surface area contributed by atoms with Gasteiger partial charge in [-0.05, 0) is 129 Å². The van der Waals surface area contributed by atoms with E-state index < -0.39 is 35.2 Å². The first kappa shape index (κ1) is 64.2. The molecule has 0 aromatic rings. The summed E-state index contributed by atoms with van der Waals surface area (Å²) in [5, 5.41) is 24.4. The zero-order valence-corrected chi connectivity index (χ0v) is 43.0. The van der Waals surface area contributed by atoms with E-state index in [1.165, 1.54) is 57.8 Å². The van der Waals surface area contributed by atoms with E-state index in [1.807, 2.05) is 20.8 Å². The summed E-state index contributed by atoms with van der Waals surface area (Å²) in [6.45, 7) is 18.3. The topological polar surface area (TPSA) is 167 Å². The first-order chi connectivity index (χ1) is 32.3. The van der Waals surface area contributed by atoms with E-state index in [4.69, 9.17) is 0 Å². The fraction of sp³-hybridized carbons (Fsp3) is 0.655. The minimum absolute atomic E-state index is 0.0260. The van der Waals surface area contributed by atoms with E-state index >= 15 is 0 Å². The van der Waals surface area contributed by atoms with Crippen LogP contribution in [-0.2, 0) is 28.8 Å². The quantitative estimate of drug-likeness (QED) is 0.0382. The molecule has 0 saturated heterocycles. The maximum Gasteiger partial charge on any atom is 0.326 e. The summed E-state index contributed by atoms with van der Waals surface area (Å²) in [5.41, 5.74) is -0.388. The number of hydrogen-bond acceptors (Lipinski definition) is 6. The molecule has 0 aliphatic heterocycles. The van der Waals surface area contributed by atoms with Crippen molar-refractivity contribution in [3.05, 3.63) is 0 Å². The molecule has 0 radical (unpaired) electrons. The number of carbonyl (C=O) groups is 6. The van der Waals surface area contributed by atoms with Crippen molar-refractivity contribution in [2.45, 2.75) is 216 Å². The average Bonchev–Trinajstić information content (AvgIpc) is 3.27.